The molecular formula is C16H20ClN3O2. The summed E-state index contributed by atoms with van der Waals surface area (Å²) in [5.74, 6) is 0.946. The first-order valence-corrected chi connectivity index (χ1v) is 7.77. The number of nitrogens with zero attached hydrogens (tertiary/aromatic N) is 2. The topological polar surface area (TPSA) is 74.2 Å². The van der Waals surface area contributed by atoms with Crippen LogP contribution >= 0.6 is 11.6 Å². The lowest BCUT2D eigenvalue weighted by atomic mass is 9.54. The van der Waals surface area contributed by atoms with E-state index in [0.717, 1.165) is 5.56 Å². The molecule has 1 aliphatic carbocycles. The Balaban J connectivity index is 1.88. The minimum atomic E-state index is -0.670. The second kappa shape index (κ2) is 5.33. The number of hydrogen-bond donors (Lipinski definition) is 1. The Morgan fingerprint density at radius 3 is 2.86 bits per heavy atom. The van der Waals surface area contributed by atoms with E-state index in [2.05, 4.69) is 24.0 Å². The monoisotopic (exact) mass is 321 g/mol. The van der Waals surface area contributed by atoms with E-state index < -0.39 is 5.54 Å². The molecule has 5 nitrogen and oxygen atoms in total. The van der Waals surface area contributed by atoms with Crippen LogP contribution in [0.4, 0.5) is 0 Å². The summed E-state index contributed by atoms with van der Waals surface area (Å²) in [6.45, 7) is 6.79. The molecule has 0 saturated heterocycles. The van der Waals surface area contributed by atoms with Crippen LogP contribution in [-0.4, -0.2) is 22.9 Å². The van der Waals surface area contributed by atoms with Crippen molar-refractivity contribution < 1.29 is 9.26 Å². The zero-order chi connectivity index (χ0) is 16.0. The highest BCUT2D eigenvalue weighted by Crippen LogP contribution is 2.55. The summed E-state index contributed by atoms with van der Waals surface area (Å²) in [4.78, 5) is 4.49. The van der Waals surface area contributed by atoms with E-state index in [4.69, 9.17) is 26.6 Å². The molecule has 0 aliphatic heterocycles. The van der Waals surface area contributed by atoms with Gasteiger partial charge in [0.25, 0.3) is 0 Å². The van der Waals surface area contributed by atoms with Crippen LogP contribution < -0.4 is 5.73 Å². The maximum Gasteiger partial charge on any atom is 0.247 e. The van der Waals surface area contributed by atoms with Crippen molar-refractivity contribution >= 4 is 11.6 Å². The first kappa shape index (κ1) is 15.5. The van der Waals surface area contributed by atoms with Crippen molar-refractivity contribution in [1.82, 2.24) is 10.1 Å². The van der Waals surface area contributed by atoms with Crippen LogP contribution in [0.2, 0.25) is 5.02 Å². The van der Waals surface area contributed by atoms with Crippen LogP contribution in [0.5, 0.6) is 0 Å². The Morgan fingerprint density at radius 1 is 1.45 bits per heavy atom. The van der Waals surface area contributed by atoms with Crippen molar-refractivity contribution in [3.8, 4) is 11.4 Å². The molecule has 1 aromatic heterocycles. The normalized spacial score (nSPS) is 26.7. The van der Waals surface area contributed by atoms with E-state index >= 15 is 0 Å². The second-order valence-corrected chi connectivity index (χ2v) is 6.71. The summed E-state index contributed by atoms with van der Waals surface area (Å²) in [7, 11) is 0. The van der Waals surface area contributed by atoms with E-state index in [1.165, 1.54) is 0 Å². The Labute approximate surface area is 134 Å². The molecule has 1 heterocycles. The van der Waals surface area contributed by atoms with Crippen molar-refractivity contribution in [2.75, 3.05) is 6.61 Å². The van der Waals surface area contributed by atoms with E-state index in [9.17, 15) is 0 Å². The van der Waals surface area contributed by atoms with E-state index in [1.807, 2.05) is 19.1 Å². The molecule has 22 heavy (non-hydrogen) atoms. The van der Waals surface area contributed by atoms with Crippen LogP contribution in [0.3, 0.4) is 0 Å². The molecule has 0 radical (unpaired) electrons. The second-order valence-electron chi connectivity index (χ2n) is 6.27. The molecule has 1 saturated carbocycles. The van der Waals surface area contributed by atoms with Crippen LogP contribution in [-0.2, 0) is 10.3 Å². The zero-order valence-corrected chi connectivity index (χ0v) is 13.7. The molecule has 0 spiro atoms. The Hall–Kier alpha value is -1.43. The number of ether oxygens (including phenoxy) is 1. The number of nitrogens with two attached hydrogens (primary N) is 1. The Kier molecular flexibility index (Phi) is 3.75. The average Bonchev–Trinajstić information content (AvgIpc) is 2.97. The summed E-state index contributed by atoms with van der Waals surface area (Å²) in [6, 6.07) is 7.34. The maximum atomic E-state index is 6.54. The van der Waals surface area contributed by atoms with Crippen molar-refractivity contribution in [2.24, 2.45) is 11.1 Å². The zero-order valence-electron chi connectivity index (χ0n) is 13.0. The fraction of sp³-hybridized carbons (Fsp3) is 0.500. The quantitative estimate of drug-likeness (QED) is 0.934. The largest absolute Gasteiger partial charge is 0.378 e. The van der Waals surface area contributed by atoms with Gasteiger partial charge in [0.15, 0.2) is 0 Å². The van der Waals surface area contributed by atoms with E-state index in [-0.39, 0.29) is 11.5 Å². The average molecular weight is 322 g/mol. The van der Waals surface area contributed by atoms with Gasteiger partial charge in [0.1, 0.15) is 5.54 Å². The fourth-order valence-corrected chi connectivity index (χ4v) is 3.14. The van der Waals surface area contributed by atoms with Crippen molar-refractivity contribution in [1.29, 1.82) is 0 Å². The van der Waals surface area contributed by atoms with E-state index in [0.29, 0.717) is 29.8 Å². The molecule has 0 amide bonds. The van der Waals surface area contributed by atoms with Gasteiger partial charge in [0, 0.05) is 29.0 Å². The molecule has 1 fully saturated rings. The Bertz CT molecular complexity index is 686. The predicted molar refractivity (Wildman–Crippen MR) is 84.4 cm³/mol. The van der Waals surface area contributed by atoms with Gasteiger partial charge in [-0.1, -0.05) is 42.7 Å². The third-order valence-electron chi connectivity index (χ3n) is 4.72. The summed E-state index contributed by atoms with van der Waals surface area (Å²) >= 11 is 6.00. The highest BCUT2D eigenvalue weighted by molar-refractivity contribution is 6.30. The number of rotatable bonds is 4. The fourth-order valence-electron chi connectivity index (χ4n) is 2.95. The molecule has 2 unspecified atom stereocenters. The molecule has 6 heteroatoms. The molecule has 2 N–H and O–H groups in total. The van der Waals surface area contributed by atoms with Crippen LogP contribution in [0.1, 0.15) is 33.1 Å². The van der Waals surface area contributed by atoms with Crippen LogP contribution in [0.15, 0.2) is 28.8 Å². The number of hydrogen-bond acceptors (Lipinski definition) is 5. The summed E-state index contributed by atoms with van der Waals surface area (Å²) < 4.78 is 11.2. The van der Waals surface area contributed by atoms with Crippen molar-refractivity contribution in [3.63, 3.8) is 0 Å². The van der Waals surface area contributed by atoms with Gasteiger partial charge in [0.2, 0.25) is 11.7 Å². The maximum absolute atomic E-state index is 6.54. The van der Waals surface area contributed by atoms with Crippen molar-refractivity contribution in [3.05, 3.63) is 35.2 Å². The molecular weight excluding hydrogens is 302 g/mol. The lowest BCUT2D eigenvalue weighted by Crippen LogP contribution is -2.67. The first-order chi connectivity index (χ1) is 10.4. The summed E-state index contributed by atoms with van der Waals surface area (Å²) in [6.07, 6.45) is 0.773. The first-order valence-electron chi connectivity index (χ1n) is 7.39. The highest BCUT2D eigenvalue weighted by atomic mass is 35.5. The van der Waals surface area contributed by atoms with Gasteiger partial charge in [-0.05, 0) is 19.1 Å². The van der Waals surface area contributed by atoms with Gasteiger partial charge in [0.05, 0.1) is 6.10 Å². The molecule has 1 aliphatic rings. The van der Waals surface area contributed by atoms with Crippen LogP contribution in [0, 0.1) is 5.41 Å². The lowest BCUT2D eigenvalue weighted by Gasteiger charge is -2.56. The summed E-state index contributed by atoms with van der Waals surface area (Å²) in [5, 5.41) is 4.68. The van der Waals surface area contributed by atoms with Gasteiger partial charge in [-0.15, -0.1) is 0 Å². The minimum absolute atomic E-state index is 0.101. The highest BCUT2D eigenvalue weighted by Gasteiger charge is 2.62. The van der Waals surface area contributed by atoms with Gasteiger partial charge in [-0.25, -0.2) is 0 Å². The minimum Gasteiger partial charge on any atom is -0.378 e. The molecule has 1 aromatic carbocycles. The van der Waals surface area contributed by atoms with Gasteiger partial charge in [-0.2, -0.15) is 4.98 Å². The lowest BCUT2D eigenvalue weighted by molar-refractivity contribution is -0.162. The Morgan fingerprint density at radius 2 is 2.23 bits per heavy atom. The van der Waals surface area contributed by atoms with E-state index in [1.54, 1.807) is 12.1 Å². The standard InChI is InChI=1S/C16H20ClN3O2/c1-4-21-12-9-16(18,15(12,2)3)14-19-13(20-22-14)10-6-5-7-11(17)8-10/h5-8,12H,4,9,18H2,1-3H3. The molecule has 0 bridgehead atoms. The number of aromatic nitrogens is 2. The SMILES string of the molecule is CCOC1CC(N)(c2nc(-c3cccc(Cl)c3)no2)C1(C)C. The molecule has 118 valence electrons. The van der Waals surface area contributed by atoms with Gasteiger partial charge < -0.3 is 15.0 Å². The third kappa shape index (κ3) is 2.24. The van der Waals surface area contributed by atoms with Crippen molar-refractivity contribution in [2.45, 2.75) is 38.8 Å². The molecule has 2 aromatic rings. The molecule has 3 rings (SSSR count). The van der Waals surface area contributed by atoms with Gasteiger partial charge in [-0.3, -0.25) is 0 Å². The predicted octanol–water partition coefficient (Wildman–Crippen LogP) is 3.38. The third-order valence-corrected chi connectivity index (χ3v) is 4.96. The smallest absolute Gasteiger partial charge is 0.247 e. The molecule has 2 atom stereocenters. The van der Waals surface area contributed by atoms with Crippen LogP contribution in [0.25, 0.3) is 11.4 Å². The van der Waals surface area contributed by atoms with Gasteiger partial charge >= 0.3 is 0 Å². The number of benzene rings is 1. The number of halogens is 1. The summed E-state index contributed by atoms with van der Waals surface area (Å²) in [5.41, 5.74) is 6.42.